The molecule has 0 aliphatic heterocycles. The van der Waals surface area contributed by atoms with Crippen LogP contribution in [0.5, 0.6) is 5.75 Å². The molecule has 2 rings (SSSR count). The van der Waals surface area contributed by atoms with Crippen LogP contribution in [0.2, 0.25) is 0 Å². The summed E-state index contributed by atoms with van der Waals surface area (Å²) in [5.41, 5.74) is 3.12. The second-order valence-electron chi connectivity index (χ2n) is 3.62. The summed E-state index contributed by atoms with van der Waals surface area (Å²) in [7, 11) is 1.65. The Morgan fingerprint density at radius 3 is 2.56 bits per heavy atom. The minimum Gasteiger partial charge on any atom is -0.497 e. The minimum absolute atomic E-state index is 0.0880. The lowest BCUT2D eigenvalue weighted by Gasteiger charge is -2.07. The Kier molecular flexibility index (Phi) is 2.77. The van der Waals surface area contributed by atoms with Gasteiger partial charge in [-0.15, -0.1) is 0 Å². The normalized spacial score (nSPS) is 10.1. The van der Waals surface area contributed by atoms with Gasteiger partial charge in [0, 0.05) is 12.3 Å². The molecule has 3 nitrogen and oxygen atoms in total. The van der Waals surface area contributed by atoms with Gasteiger partial charge in [0.05, 0.1) is 7.11 Å². The van der Waals surface area contributed by atoms with Gasteiger partial charge in [0.2, 0.25) is 5.56 Å². The number of H-pyrrole nitrogens is 1. The van der Waals surface area contributed by atoms with E-state index in [1.807, 2.05) is 31.2 Å². The molecule has 0 aliphatic rings. The summed E-state index contributed by atoms with van der Waals surface area (Å²) in [6.45, 7) is 2.02. The highest BCUT2D eigenvalue weighted by Crippen LogP contribution is 2.25. The number of hydrogen-bond donors (Lipinski definition) is 1. The molecule has 0 saturated heterocycles. The van der Waals surface area contributed by atoms with Crippen LogP contribution in [0.15, 0.2) is 41.3 Å². The molecule has 0 unspecified atom stereocenters. The lowest BCUT2D eigenvalue weighted by atomic mass is 10.0. The van der Waals surface area contributed by atoms with Gasteiger partial charge in [-0.1, -0.05) is 6.07 Å². The van der Waals surface area contributed by atoms with Crippen LogP contribution in [-0.2, 0) is 0 Å². The monoisotopic (exact) mass is 215 g/mol. The molecule has 0 radical (unpaired) electrons. The van der Waals surface area contributed by atoms with Crippen molar-refractivity contribution in [3.63, 3.8) is 0 Å². The van der Waals surface area contributed by atoms with Crippen molar-refractivity contribution in [3.8, 4) is 16.9 Å². The van der Waals surface area contributed by atoms with Crippen molar-refractivity contribution in [2.24, 2.45) is 0 Å². The van der Waals surface area contributed by atoms with Gasteiger partial charge >= 0.3 is 0 Å². The van der Waals surface area contributed by atoms with Crippen LogP contribution in [0, 0.1) is 6.92 Å². The third kappa shape index (κ3) is 1.98. The van der Waals surface area contributed by atoms with Crippen LogP contribution in [0.3, 0.4) is 0 Å². The third-order valence-electron chi connectivity index (χ3n) is 2.53. The molecular formula is C13H13NO2. The number of ether oxygens (including phenoxy) is 1. The Bertz CT molecular complexity index is 538. The van der Waals surface area contributed by atoms with Crippen LogP contribution in [-0.4, -0.2) is 12.1 Å². The molecule has 2 aromatic rings. The molecule has 0 aliphatic carbocycles. The molecule has 0 amide bonds. The second kappa shape index (κ2) is 4.23. The second-order valence-corrected chi connectivity index (χ2v) is 3.62. The number of hydrogen-bond acceptors (Lipinski definition) is 2. The summed E-state index contributed by atoms with van der Waals surface area (Å²) in [5.74, 6) is 0.839. The predicted molar refractivity (Wildman–Crippen MR) is 63.8 cm³/mol. The van der Waals surface area contributed by atoms with Gasteiger partial charge in [0.15, 0.2) is 0 Å². The molecule has 0 spiro atoms. The average Bonchev–Trinajstić information content (AvgIpc) is 2.30. The number of nitrogens with one attached hydrogen (secondary N) is 1. The zero-order valence-corrected chi connectivity index (χ0v) is 9.28. The summed E-state index contributed by atoms with van der Waals surface area (Å²) < 4.78 is 5.15. The minimum atomic E-state index is -0.0880. The smallest absolute Gasteiger partial charge is 0.247 e. The molecular weight excluding hydrogens is 202 g/mol. The summed E-state index contributed by atoms with van der Waals surface area (Å²) in [5, 5.41) is 0. The van der Waals surface area contributed by atoms with Crippen molar-refractivity contribution in [2.45, 2.75) is 6.92 Å². The summed E-state index contributed by atoms with van der Waals surface area (Å²) in [6.07, 6.45) is 1.72. The maximum atomic E-state index is 11.0. The van der Waals surface area contributed by atoms with Crippen molar-refractivity contribution in [2.75, 3.05) is 7.11 Å². The molecule has 16 heavy (non-hydrogen) atoms. The van der Waals surface area contributed by atoms with E-state index >= 15 is 0 Å². The van der Waals surface area contributed by atoms with Gasteiger partial charge in [0.25, 0.3) is 0 Å². The first-order valence-corrected chi connectivity index (χ1v) is 5.04. The van der Waals surface area contributed by atoms with E-state index in [1.54, 1.807) is 13.3 Å². The van der Waals surface area contributed by atoms with Crippen molar-refractivity contribution in [3.05, 3.63) is 52.4 Å². The van der Waals surface area contributed by atoms with Crippen LogP contribution >= 0.6 is 0 Å². The number of rotatable bonds is 2. The fraction of sp³-hybridized carbons (Fsp3) is 0.154. The Hall–Kier alpha value is -2.03. The van der Waals surface area contributed by atoms with Crippen LogP contribution in [0.1, 0.15) is 5.56 Å². The maximum absolute atomic E-state index is 11.0. The highest BCUT2D eigenvalue weighted by molar-refractivity contribution is 5.67. The van der Waals surface area contributed by atoms with E-state index < -0.39 is 0 Å². The molecule has 3 heteroatoms. The standard InChI is InChI=1S/C13H13NO2/c1-9-7-11(16-2)4-5-12(9)10-3-6-13(15)14-8-10/h3-8H,1-2H3,(H,14,15). The summed E-state index contributed by atoms with van der Waals surface area (Å²) >= 11 is 0. The van der Waals surface area contributed by atoms with E-state index in [-0.39, 0.29) is 5.56 Å². The molecule has 1 N–H and O–H groups in total. The first-order valence-electron chi connectivity index (χ1n) is 5.04. The van der Waals surface area contributed by atoms with Gasteiger partial charge < -0.3 is 9.72 Å². The van der Waals surface area contributed by atoms with E-state index in [0.29, 0.717) is 0 Å². The molecule has 1 aromatic carbocycles. The van der Waals surface area contributed by atoms with Crippen molar-refractivity contribution < 1.29 is 4.74 Å². The Morgan fingerprint density at radius 1 is 1.19 bits per heavy atom. The van der Waals surface area contributed by atoms with Gasteiger partial charge in [-0.3, -0.25) is 4.79 Å². The van der Waals surface area contributed by atoms with Gasteiger partial charge in [-0.25, -0.2) is 0 Å². The number of pyridine rings is 1. The zero-order valence-electron chi connectivity index (χ0n) is 9.28. The topological polar surface area (TPSA) is 42.1 Å². The predicted octanol–water partition coefficient (Wildman–Crippen LogP) is 2.36. The molecule has 0 fully saturated rings. The first-order chi connectivity index (χ1) is 7.70. The third-order valence-corrected chi connectivity index (χ3v) is 2.53. The maximum Gasteiger partial charge on any atom is 0.247 e. The lowest BCUT2D eigenvalue weighted by Crippen LogP contribution is -2.01. The van der Waals surface area contributed by atoms with E-state index in [4.69, 9.17) is 4.74 Å². The van der Waals surface area contributed by atoms with Gasteiger partial charge in [-0.2, -0.15) is 0 Å². The van der Waals surface area contributed by atoms with E-state index in [0.717, 1.165) is 22.4 Å². The molecule has 0 bridgehead atoms. The number of aryl methyl sites for hydroxylation is 1. The quantitative estimate of drug-likeness (QED) is 0.835. The number of methoxy groups -OCH3 is 1. The van der Waals surface area contributed by atoms with Crippen molar-refractivity contribution >= 4 is 0 Å². The Morgan fingerprint density at radius 2 is 2.00 bits per heavy atom. The fourth-order valence-corrected chi connectivity index (χ4v) is 1.67. The Labute approximate surface area is 93.7 Å². The number of benzene rings is 1. The van der Waals surface area contributed by atoms with Crippen LogP contribution in [0.4, 0.5) is 0 Å². The van der Waals surface area contributed by atoms with E-state index in [9.17, 15) is 4.79 Å². The van der Waals surface area contributed by atoms with Crippen molar-refractivity contribution in [1.82, 2.24) is 4.98 Å². The van der Waals surface area contributed by atoms with Gasteiger partial charge in [-0.05, 0) is 41.8 Å². The van der Waals surface area contributed by atoms with E-state index in [2.05, 4.69) is 4.98 Å². The summed E-state index contributed by atoms with van der Waals surface area (Å²) in [6, 6.07) is 9.21. The lowest BCUT2D eigenvalue weighted by molar-refractivity contribution is 0.414. The first kappa shape index (κ1) is 10.5. The number of aromatic nitrogens is 1. The average molecular weight is 215 g/mol. The molecule has 0 atom stereocenters. The SMILES string of the molecule is COc1ccc(-c2ccc(=O)[nH]c2)c(C)c1. The fourth-order valence-electron chi connectivity index (χ4n) is 1.67. The molecule has 1 aromatic heterocycles. The zero-order chi connectivity index (χ0) is 11.5. The van der Waals surface area contributed by atoms with Gasteiger partial charge in [0.1, 0.15) is 5.75 Å². The van der Waals surface area contributed by atoms with Crippen LogP contribution < -0.4 is 10.3 Å². The van der Waals surface area contributed by atoms with Crippen LogP contribution in [0.25, 0.3) is 11.1 Å². The molecule has 1 heterocycles. The number of aromatic amines is 1. The molecule has 82 valence electrons. The highest BCUT2D eigenvalue weighted by Gasteiger charge is 2.02. The molecule has 0 saturated carbocycles. The van der Waals surface area contributed by atoms with Crippen molar-refractivity contribution in [1.29, 1.82) is 0 Å². The summed E-state index contributed by atoms with van der Waals surface area (Å²) in [4.78, 5) is 13.6. The van der Waals surface area contributed by atoms with E-state index in [1.165, 1.54) is 6.07 Å². The highest BCUT2D eigenvalue weighted by atomic mass is 16.5. The Balaban J connectivity index is 2.48. The largest absolute Gasteiger partial charge is 0.497 e.